The minimum Gasteiger partial charge on any atom is -0.497 e. The van der Waals surface area contributed by atoms with Crippen LogP contribution in [0.1, 0.15) is 17.4 Å². The second kappa shape index (κ2) is 9.27. The van der Waals surface area contributed by atoms with E-state index in [1.54, 1.807) is 45.4 Å². The Balaban J connectivity index is 2.13. The predicted octanol–water partition coefficient (Wildman–Crippen LogP) is 3.73. The molecule has 11 heteroatoms. The topological polar surface area (TPSA) is 129 Å². The molecule has 0 spiro atoms. The third-order valence-electron chi connectivity index (χ3n) is 4.04. The first kappa shape index (κ1) is 21.1. The van der Waals surface area contributed by atoms with Gasteiger partial charge in [0.2, 0.25) is 0 Å². The highest BCUT2D eigenvalue weighted by Gasteiger charge is 2.24. The number of ether oxygens (including phenoxy) is 3. The summed E-state index contributed by atoms with van der Waals surface area (Å²) in [7, 11) is 3.09. The minimum absolute atomic E-state index is 0.0585. The number of carbonyl (C=O) groups is 1. The number of hydrogen-bond donors (Lipinski definition) is 1. The summed E-state index contributed by atoms with van der Waals surface area (Å²) in [6, 6.07) is 9.60. The zero-order valence-corrected chi connectivity index (χ0v) is 17.2. The third-order valence-corrected chi connectivity index (χ3v) is 5.15. The minimum atomic E-state index is -0.678. The molecule has 2 aromatic carbocycles. The van der Waals surface area contributed by atoms with E-state index in [0.717, 1.165) is 0 Å². The van der Waals surface area contributed by atoms with E-state index in [1.165, 1.54) is 23.9 Å². The molecule has 0 aliphatic rings. The highest BCUT2D eigenvalue weighted by Crippen LogP contribution is 2.42. The average Bonchev–Trinajstić information content (AvgIpc) is 3.23. The molecule has 3 rings (SSSR count). The van der Waals surface area contributed by atoms with Gasteiger partial charge < -0.3 is 14.2 Å². The molecule has 0 amide bonds. The molecule has 0 aliphatic heterocycles. The molecule has 0 saturated heterocycles. The maximum absolute atomic E-state index is 12.3. The van der Waals surface area contributed by atoms with Gasteiger partial charge in [0.05, 0.1) is 30.6 Å². The zero-order valence-electron chi connectivity index (χ0n) is 16.4. The number of aromatic amines is 1. The Morgan fingerprint density at radius 2 is 1.93 bits per heavy atom. The van der Waals surface area contributed by atoms with Gasteiger partial charge in [-0.05, 0) is 31.2 Å². The van der Waals surface area contributed by atoms with Gasteiger partial charge in [0, 0.05) is 22.6 Å². The van der Waals surface area contributed by atoms with Crippen molar-refractivity contribution in [2.75, 3.05) is 20.8 Å². The number of hydrogen-bond acceptors (Lipinski definition) is 9. The number of nitrogens with zero attached hydrogens (tertiary/aromatic N) is 3. The summed E-state index contributed by atoms with van der Waals surface area (Å²) in [4.78, 5) is 24.4. The van der Waals surface area contributed by atoms with Crippen LogP contribution in [0.2, 0.25) is 0 Å². The van der Waals surface area contributed by atoms with Gasteiger partial charge in [-0.15, -0.1) is 5.10 Å². The van der Waals surface area contributed by atoms with Crippen LogP contribution in [-0.4, -0.2) is 47.1 Å². The van der Waals surface area contributed by atoms with Gasteiger partial charge in [-0.25, -0.2) is 4.79 Å². The fourth-order valence-electron chi connectivity index (χ4n) is 2.65. The van der Waals surface area contributed by atoms with Crippen molar-refractivity contribution >= 4 is 23.4 Å². The molecule has 0 radical (unpaired) electrons. The number of nitrogens with one attached hydrogen (secondary N) is 1. The van der Waals surface area contributed by atoms with Crippen molar-refractivity contribution in [3.05, 3.63) is 52.2 Å². The Morgan fingerprint density at radius 1 is 1.13 bits per heavy atom. The molecule has 1 aromatic heterocycles. The Labute approximate surface area is 175 Å². The number of aromatic nitrogens is 3. The van der Waals surface area contributed by atoms with E-state index in [2.05, 4.69) is 15.4 Å². The first-order valence-corrected chi connectivity index (χ1v) is 9.56. The molecule has 3 aromatic rings. The molecule has 1 N–H and O–H groups in total. The SMILES string of the molecule is CCOC(=O)c1n[nH]nc1-c1cc([N+](=O)[O-])ccc1Sc1cc(OC)ccc1OC. The molecule has 10 nitrogen and oxygen atoms in total. The number of non-ortho nitro benzene ring substituents is 1. The maximum atomic E-state index is 12.3. The van der Waals surface area contributed by atoms with Crippen molar-refractivity contribution in [1.29, 1.82) is 0 Å². The van der Waals surface area contributed by atoms with Gasteiger partial charge in [-0.3, -0.25) is 10.1 Å². The summed E-state index contributed by atoms with van der Waals surface area (Å²) in [6.07, 6.45) is 0. The van der Waals surface area contributed by atoms with E-state index >= 15 is 0 Å². The number of rotatable bonds is 8. The quantitative estimate of drug-likeness (QED) is 0.323. The summed E-state index contributed by atoms with van der Waals surface area (Å²) >= 11 is 1.29. The fourth-order valence-corrected chi connectivity index (χ4v) is 3.71. The lowest BCUT2D eigenvalue weighted by molar-refractivity contribution is -0.384. The van der Waals surface area contributed by atoms with Crippen LogP contribution in [0.15, 0.2) is 46.2 Å². The van der Waals surface area contributed by atoms with Crippen LogP contribution in [0.5, 0.6) is 11.5 Å². The molecular formula is C19H18N4O6S. The van der Waals surface area contributed by atoms with Crippen molar-refractivity contribution in [2.45, 2.75) is 16.7 Å². The average molecular weight is 430 g/mol. The van der Waals surface area contributed by atoms with Gasteiger partial charge in [0.15, 0.2) is 5.69 Å². The number of methoxy groups -OCH3 is 2. The van der Waals surface area contributed by atoms with E-state index in [0.29, 0.717) is 26.9 Å². The lowest BCUT2D eigenvalue weighted by Crippen LogP contribution is -2.07. The second-order valence-corrected chi connectivity index (χ2v) is 6.88. The molecule has 0 bridgehead atoms. The van der Waals surface area contributed by atoms with Crippen LogP contribution >= 0.6 is 11.8 Å². The molecule has 1 heterocycles. The van der Waals surface area contributed by atoms with Crippen LogP contribution in [0.4, 0.5) is 5.69 Å². The summed E-state index contributed by atoms with van der Waals surface area (Å²) in [6.45, 7) is 1.82. The maximum Gasteiger partial charge on any atom is 0.361 e. The van der Waals surface area contributed by atoms with Gasteiger partial charge in [-0.2, -0.15) is 10.3 Å². The lowest BCUT2D eigenvalue weighted by atomic mass is 10.1. The Hall–Kier alpha value is -3.60. The Bertz CT molecular complexity index is 1080. The van der Waals surface area contributed by atoms with E-state index in [4.69, 9.17) is 14.2 Å². The second-order valence-electron chi connectivity index (χ2n) is 5.80. The normalized spacial score (nSPS) is 10.5. The number of nitro benzene ring substituents is 1. The number of H-pyrrole nitrogens is 1. The van der Waals surface area contributed by atoms with Crippen LogP contribution in [0.25, 0.3) is 11.3 Å². The number of carbonyl (C=O) groups excluding carboxylic acids is 1. The van der Waals surface area contributed by atoms with Gasteiger partial charge in [0.1, 0.15) is 17.2 Å². The molecule has 156 valence electrons. The zero-order chi connectivity index (χ0) is 21.7. The molecule has 0 atom stereocenters. The Kier molecular flexibility index (Phi) is 6.52. The number of esters is 1. The molecule has 0 saturated carbocycles. The van der Waals surface area contributed by atoms with Crippen LogP contribution < -0.4 is 9.47 Å². The largest absolute Gasteiger partial charge is 0.497 e. The summed E-state index contributed by atoms with van der Waals surface area (Å²) in [5.74, 6) is 0.536. The molecular weight excluding hydrogens is 412 g/mol. The van der Waals surface area contributed by atoms with Gasteiger partial charge in [-0.1, -0.05) is 11.8 Å². The predicted molar refractivity (Wildman–Crippen MR) is 108 cm³/mol. The first-order chi connectivity index (χ1) is 14.5. The summed E-state index contributed by atoms with van der Waals surface area (Å²) < 4.78 is 15.7. The molecule has 0 aliphatic carbocycles. The van der Waals surface area contributed by atoms with Crippen molar-refractivity contribution in [3.8, 4) is 22.8 Å². The first-order valence-electron chi connectivity index (χ1n) is 8.75. The highest BCUT2D eigenvalue weighted by atomic mass is 32.2. The third kappa shape index (κ3) is 4.35. The van der Waals surface area contributed by atoms with Crippen molar-refractivity contribution in [3.63, 3.8) is 0 Å². The van der Waals surface area contributed by atoms with Crippen LogP contribution in [0, 0.1) is 10.1 Å². The summed E-state index contributed by atoms with van der Waals surface area (Å²) in [5, 5.41) is 21.6. The highest BCUT2D eigenvalue weighted by molar-refractivity contribution is 7.99. The van der Waals surface area contributed by atoms with E-state index in [1.807, 2.05) is 0 Å². The van der Waals surface area contributed by atoms with E-state index in [9.17, 15) is 14.9 Å². The summed E-state index contributed by atoms with van der Waals surface area (Å²) in [5.41, 5.74) is 0.305. The van der Waals surface area contributed by atoms with Crippen molar-refractivity contribution in [1.82, 2.24) is 15.4 Å². The van der Waals surface area contributed by atoms with Crippen LogP contribution in [-0.2, 0) is 4.74 Å². The van der Waals surface area contributed by atoms with E-state index < -0.39 is 10.9 Å². The van der Waals surface area contributed by atoms with Gasteiger partial charge in [0.25, 0.3) is 5.69 Å². The van der Waals surface area contributed by atoms with Crippen molar-refractivity contribution < 1.29 is 23.9 Å². The lowest BCUT2D eigenvalue weighted by Gasteiger charge is -2.12. The number of nitro groups is 1. The fraction of sp³-hybridized carbons (Fsp3) is 0.211. The Morgan fingerprint density at radius 3 is 2.60 bits per heavy atom. The standard InChI is InChI=1S/C19H18N4O6S/c1-4-29-19(24)18-17(20-22-21-18)13-9-11(23(25)26)5-8-15(13)30-16-10-12(27-2)6-7-14(16)28-3/h5-10H,4H2,1-3H3,(H,20,21,22). The van der Waals surface area contributed by atoms with E-state index in [-0.39, 0.29) is 23.7 Å². The monoisotopic (exact) mass is 430 g/mol. The smallest absolute Gasteiger partial charge is 0.361 e. The van der Waals surface area contributed by atoms with Gasteiger partial charge >= 0.3 is 5.97 Å². The van der Waals surface area contributed by atoms with Crippen molar-refractivity contribution in [2.24, 2.45) is 0 Å². The molecule has 0 unspecified atom stereocenters. The number of benzene rings is 2. The van der Waals surface area contributed by atoms with Crippen LogP contribution in [0.3, 0.4) is 0 Å². The molecule has 0 fully saturated rings. The molecule has 30 heavy (non-hydrogen) atoms.